The third kappa shape index (κ3) is 1.46. The molecular weight excluding hydrogens is 213 g/mol. The minimum atomic E-state index is 1.33. The molecule has 0 N–H and O–H groups in total. The molecule has 0 aliphatic rings. The molecule has 0 spiro atoms. The van der Waals surface area contributed by atoms with E-state index >= 15 is 0 Å². The molecule has 0 saturated heterocycles. The van der Waals surface area contributed by atoms with Gasteiger partial charge < -0.3 is 4.57 Å². The molecule has 0 saturated carbocycles. The summed E-state index contributed by atoms with van der Waals surface area (Å²) >= 11 is 0. The largest absolute Gasteiger partial charge is 0.344 e. The molecule has 0 fully saturated rings. The van der Waals surface area contributed by atoms with Crippen molar-refractivity contribution in [3.8, 4) is 0 Å². The maximum atomic E-state index is 2.32. The van der Waals surface area contributed by atoms with E-state index in [1.807, 2.05) is 0 Å². The molecular formula is C13H15B4N. The number of nitrogens with zero attached hydrogens (tertiary/aromatic N) is 1. The van der Waals surface area contributed by atoms with E-state index in [2.05, 4.69) is 67.3 Å². The number of hydrogen-bond donors (Lipinski definition) is 0. The Morgan fingerprint density at radius 3 is 1.39 bits per heavy atom. The number of rotatable bonds is 0. The number of aryl methyl sites for hydroxylation is 1. The minimum absolute atomic E-state index is 1.33. The van der Waals surface area contributed by atoms with Crippen LogP contribution in [0.25, 0.3) is 21.8 Å². The molecule has 18 heavy (non-hydrogen) atoms. The highest BCUT2D eigenvalue weighted by atomic mass is 14.9. The van der Waals surface area contributed by atoms with Gasteiger partial charge in [0.15, 0.2) is 0 Å². The van der Waals surface area contributed by atoms with Gasteiger partial charge in [-0.25, -0.2) is 0 Å². The Kier molecular flexibility index (Phi) is 2.41. The molecule has 0 bridgehead atoms. The first-order valence-corrected chi connectivity index (χ1v) is 6.45. The maximum absolute atomic E-state index is 2.32. The molecule has 3 aromatic rings. The third-order valence-corrected chi connectivity index (χ3v) is 4.24. The average molecular weight is 229 g/mol. The van der Waals surface area contributed by atoms with Crippen molar-refractivity contribution in [3.63, 3.8) is 0 Å². The van der Waals surface area contributed by atoms with Gasteiger partial charge in [-0.05, 0) is 12.1 Å². The summed E-state index contributed by atoms with van der Waals surface area (Å²) in [5.41, 5.74) is 8.13. The quantitative estimate of drug-likeness (QED) is 0.350. The topological polar surface area (TPSA) is 4.93 Å². The first-order valence-electron chi connectivity index (χ1n) is 6.45. The Morgan fingerprint density at radius 2 is 1.00 bits per heavy atom. The summed E-state index contributed by atoms with van der Waals surface area (Å²) in [6.45, 7) is 0. The lowest BCUT2D eigenvalue weighted by atomic mass is 9.78. The average Bonchev–Trinajstić information content (AvgIpc) is 2.56. The summed E-state index contributed by atoms with van der Waals surface area (Å²) in [5.74, 6) is 0. The zero-order valence-electron chi connectivity index (χ0n) is 11.8. The van der Waals surface area contributed by atoms with Crippen LogP contribution < -0.4 is 21.9 Å². The van der Waals surface area contributed by atoms with Crippen molar-refractivity contribution in [1.29, 1.82) is 0 Å². The zero-order valence-corrected chi connectivity index (χ0v) is 11.8. The summed E-state index contributed by atoms with van der Waals surface area (Å²) in [6, 6.07) is 9.24. The molecule has 1 heterocycles. The Morgan fingerprint density at radius 1 is 0.667 bits per heavy atom. The van der Waals surface area contributed by atoms with Gasteiger partial charge in [0.1, 0.15) is 31.4 Å². The van der Waals surface area contributed by atoms with Crippen molar-refractivity contribution in [2.75, 3.05) is 0 Å². The number of fused-ring (bicyclic) bond motifs is 3. The molecule has 0 aliphatic heterocycles. The van der Waals surface area contributed by atoms with Gasteiger partial charge >= 0.3 is 0 Å². The number of aromatic nitrogens is 1. The molecule has 0 radical (unpaired) electrons. The molecule has 2 aromatic carbocycles. The van der Waals surface area contributed by atoms with Crippen LogP contribution in [0.15, 0.2) is 24.3 Å². The van der Waals surface area contributed by atoms with Gasteiger partial charge in [-0.15, -0.1) is 0 Å². The molecule has 3 rings (SSSR count). The van der Waals surface area contributed by atoms with E-state index in [-0.39, 0.29) is 0 Å². The van der Waals surface area contributed by atoms with E-state index < -0.39 is 0 Å². The fraction of sp³-hybridized carbons (Fsp3) is 0.0769. The summed E-state index contributed by atoms with van der Waals surface area (Å²) in [5, 5.41) is 2.75. The number of benzene rings is 2. The van der Waals surface area contributed by atoms with E-state index in [0.29, 0.717) is 0 Å². The first kappa shape index (κ1) is 11.6. The summed E-state index contributed by atoms with van der Waals surface area (Å²) in [4.78, 5) is 0. The van der Waals surface area contributed by atoms with Crippen LogP contribution >= 0.6 is 0 Å². The lowest BCUT2D eigenvalue weighted by molar-refractivity contribution is 1.02. The van der Waals surface area contributed by atoms with Crippen LogP contribution in [-0.2, 0) is 7.05 Å². The summed E-state index contributed by atoms with van der Waals surface area (Å²) in [7, 11) is 10.9. The van der Waals surface area contributed by atoms with Gasteiger partial charge in [0, 0.05) is 28.9 Å². The maximum Gasteiger partial charge on any atom is 0.138 e. The molecule has 1 aromatic heterocycles. The Labute approximate surface area is 111 Å². The molecule has 0 amide bonds. The lowest BCUT2D eigenvalue weighted by Crippen LogP contribution is -2.25. The van der Waals surface area contributed by atoms with Crippen LogP contribution in [0.3, 0.4) is 0 Å². The van der Waals surface area contributed by atoms with E-state index in [0.717, 1.165) is 0 Å². The third-order valence-electron chi connectivity index (χ3n) is 4.24. The van der Waals surface area contributed by atoms with Crippen LogP contribution in [0.4, 0.5) is 0 Å². The highest BCUT2D eigenvalue weighted by molar-refractivity contribution is 6.51. The number of hydrogen-bond acceptors (Lipinski definition) is 0. The van der Waals surface area contributed by atoms with Gasteiger partial charge in [0.05, 0.1) is 0 Å². The minimum Gasteiger partial charge on any atom is -0.344 e. The van der Waals surface area contributed by atoms with Crippen molar-refractivity contribution < 1.29 is 0 Å². The second kappa shape index (κ2) is 3.74. The Hall–Kier alpha value is -1.50. The van der Waals surface area contributed by atoms with Crippen molar-refractivity contribution in [2.45, 2.75) is 0 Å². The van der Waals surface area contributed by atoms with Crippen LogP contribution in [-0.4, -0.2) is 36.0 Å². The van der Waals surface area contributed by atoms with Gasteiger partial charge in [-0.1, -0.05) is 34.0 Å². The van der Waals surface area contributed by atoms with Gasteiger partial charge in [-0.3, -0.25) is 0 Å². The highest BCUT2D eigenvalue weighted by Gasteiger charge is 2.10. The van der Waals surface area contributed by atoms with Gasteiger partial charge in [-0.2, -0.15) is 0 Å². The summed E-state index contributed by atoms with van der Waals surface area (Å²) < 4.78 is 2.31. The zero-order chi connectivity index (χ0) is 13.0. The molecule has 0 atom stereocenters. The second-order valence-electron chi connectivity index (χ2n) is 5.47. The fourth-order valence-corrected chi connectivity index (χ4v) is 2.72. The first-order chi connectivity index (χ1) is 8.49. The lowest BCUT2D eigenvalue weighted by Gasteiger charge is -2.02. The Bertz CT molecular complexity index is 724. The monoisotopic (exact) mass is 229 g/mol. The van der Waals surface area contributed by atoms with Crippen molar-refractivity contribution in [3.05, 3.63) is 24.3 Å². The highest BCUT2D eigenvalue weighted by Crippen LogP contribution is 2.25. The smallest absolute Gasteiger partial charge is 0.138 e. The molecule has 84 valence electrons. The molecule has 0 aliphatic carbocycles. The van der Waals surface area contributed by atoms with Gasteiger partial charge in [0.2, 0.25) is 0 Å². The van der Waals surface area contributed by atoms with Crippen LogP contribution in [0.1, 0.15) is 0 Å². The van der Waals surface area contributed by atoms with Crippen LogP contribution in [0.2, 0.25) is 0 Å². The van der Waals surface area contributed by atoms with E-state index in [4.69, 9.17) is 0 Å². The van der Waals surface area contributed by atoms with Gasteiger partial charge in [0.25, 0.3) is 0 Å². The Balaban J connectivity index is 2.58. The van der Waals surface area contributed by atoms with Crippen LogP contribution in [0, 0.1) is 0 Å². The SMILES string of the molecule is Bc1cc2c3cc(B)c(B)cc3n(C)c2cc1B. The van der Waals surface area contributed by atoms with E-state index in [1.54, 1.807) is 0 Å². The second-order valence-corrected chi connectivity index (χ2v) is 5.47. The molecule has 5 heteroatoms. The molecule has 0 unspecified atom stereocenters. The predicted octanol–water partition coefficient (Wildman–Crippen LogP) is -3.63. The predicted molar refractivity (Wildman–Crippen MR) is 93.1 cm³/mol. The van der Waals surface area contributed by atoms with Crippen molar-refractivity contribution in [1.82, 2.24) is 4.57 Å². The normalized spacial score (nSPS) is 11.4. The molecule has 1 nitrogen and oxygen atoms in total. The van der Waals surface area contributed by atoms with E-state index in [1.165, 1.54) is 43.7 Å². The van der Waals surface area contributed by atoms with Crippen molar-refractivity contribution in [2.24, 2.45) is 7.05 Å². The standard InChI is InChI=1S/C13H15B4N/c1-18-12-4-10(16)8(14)2-6(12)7-3-9(15)11(17)5-13(7)18/h2-5H,14-17H2,1H3. The summed E-state index contributed by atoms with van der Waals surface area (Å²) in [6.07, 6.45) is 0. The van der Waals surface area contributed by atoms with Crippen molar-refractivity contribution >= 4 is 75.0 Å². The van der Waals surface area contributed by atoms with E-state index in [9.17, 15) is 0 Å². The fourth-order valence-electron chi connectivity index (χ4n) is 2.72. The van der Waals surface area contributed by atoms with Crippen LogP contribution in [0.5, 0.6) is 0 Å².